The number of nitrogens with zero attached hydrogens (tertiary/aromatic N) is 2. The minimum Gasteiger partial charge on any atom is -0.360 e. The first-order valence-corrected chi connectivity index (χ1v) is 5.81. The lowest BCUT2D eigenvalue weighted by atomic mass is 9.92. The van der Waals surface area contributed by atoms with E-state index in [4.69, 9.17) is 0 Å². The number of hydrogen-bond acceptors (Lipinski definition) is 4. The van der Waals surface area contributed by atoms with Crippen molar-refractivity contribution >= 4 is 32.4 Å². The van der Waals surface area contributed by atoms with Crippen molar-refractivity contribution in [2.45, 2.75) is 27.2 Å². The van der Waals surface area contributed by atoms with Gasteiger partial charge in [0.2, 0.25) is 5.13 Å². The van der Waals surface area contributed by atoms with E-state index in [0.29, 0.717) is 5.41 Å². The normalized spacial score (nSPS) is 11.7. The van der Waals surface area contributed by atoms with Gasteiger partial charge >= 0.3 is 0 Å². The van der Waals surface area contributed by atoms with E-state index >= 15 is 0 Å². The van der Waals surface area contributed by atoms with Crippen molar-refractivity contribution in [3.8, 4) is 0 Å². The fourth-order valence-corrected chi connectivity index (χ4v) is 1.86. The van der Waals surface area contributed by atoms with Gasteiger partial charge < -0.3 is 5.32 Å². The fourth-order valence-electron chi connectivity index (χ4n) is 0.821. The Morgan fingerprint density at radius 1 is 1.38 bits per heavy atom. The van der Waals surface area contributed by atoms with Gasteiger partial charge in [-0.15, -0.1) is 10.2 Å². The monoisotopic (exact) mass is 263 g/mol. The first kappa shape index (κ1) is 10.9. The molecule has 0 saturated heterocycles. The number of aromatic nitrogens is 2. The quantitative estimate of drug-likeness (QED) is 0.911. The summed E-state index contributed by atoms with van der Waals surface area (Å²) in [5.74, 6) is 0. The van der Waals surface area contributed by atoms with Crippen LogP contribution >= 0.6 is 27.3 Å². The summed E-state index contributed by atoms with van der Waals surface area (Å²) in [7, 11) is 0. The highest BCUT2D eigenvalue weighted by molar-refractivity contribution is 9.11. The molecule has 1 rings (SSSR count). The van der Waals surface area contributed by atoms with Crippen LogP contribution in [0.1, 0.15) is 27.2 Å². The van der Waals surface area contributed by atoms with Gasteiger partial charge in [-0.1, -0.05) is 32.1 Å². The Labute approximate surface area is 91.1 Å². The second kappa shape index (κ2) is 4.37. The zero-order valence-electron chi connectivity index (χ0n) is 8.09. The lowest BCUT2D eigenvalue weighted by Crippen LogP contribution is -2.12. The summed E-state index contributed by atoms with van der Waals surface area (Å²) in [6, 6.07) is 0. The van der Waals surface area contributed by atoms with Crippen LogP contribution in [0.2, 0.25) is 0 Å². The van der Waals surface area contributed by atoms with Crippen LogP contribution in [0.3, 0.4) is 0 Å². The molecule has 0 fully saturated rings. The summed E-state index contributed by atoms with van der Waals surface area (Å²) in [5.41, 5.74) is 0.370. The Hall–Kier alpha value is -0.160. The Balaban J connectivity index is 2.28. The summed E-state index contributed by atoms with van der Waals surface area (Å²) in [4.78, 5) is 0. The second-order valence-electron chi connectivity index (χ2n) is 4.10. The van der Waals surface area contributed by atoms with Gasteiger partial charge in [-0.05, 0) is 27.8 Å². The third-order valence-electron chi connectivity index (χ3n) is 1.55. The zero-order valence-corrected chi connectivity index (χ0v) is 10.5. The summed E-state index contributed by atoms with van der Waals surface area (Å²) < 4.78 is 0.825. The maximum atomic E-state index is 3.95. The molecule has 0 aliphatic carbocycles. The average molecular weight is 264 g/mol. The minimum atomic E-state index is 0.370. The van der Waals surface area contributed by atoms with Crippen molar-refractivity contribution in [1.29, 1.82) is 0 Å². The van der Waals surface area contributed by atoms with Crippen LogP contribution in [-0.2, 0) is 0 Å². The van der Waals surface area contributed by atoms with Crippen molar-refractivity contribution in [3.05, 3.63) is 3.92 Å². The van der Waals surface area contributed by atoms with Crippen LogP contribution < -0.4 is 5.32 Å². The second-order valence-corrected chi connectivity index (χ2v) is 6.35. The van der Waals surface area contributed by atoms with Crippen LogP contribution in [0.15, 0.2) is 3.92 Å². The number of anilines is 1. The van der Waals surface area contributed by atoms with Crippen molar-refractivity contribution in [1.82, 2.24) is 10.2 Å². The Kier molecular flexibility index (Phi) is 3.67. The molecule has 0 bridgehead atoms. The Morgan fingerprint density at radius 2 is 2.08 bits per heavy atom. The van der Waals surface area contributed by atoms with Gasteiger partial charge in [0.15, 0.2) is 3.92 Å². The summed E-state index contributed by atoms with van der Waals surface area (Å²) in [6.45, 7) is 7.63. The van der Waals surface area contributed by atoms with Crippen LogP contribution in [0.5, 0.6) is 0 Å². The first-order valence-electron chi connectivity index (χ1n) is 4.20. The third kappa shape index (κ3) is 4.57. The molecule has 0 aliphatic heterocycles. The van der Waals surface area contributed by atoms with Crippen LogP contribution in [-0.4, -0.2) is 16.7 Å². The maximum Gasteiger partial charge on any atom is 0.206 e. The van der Waals surface area contributed by atoms with E-state index in [1.165, 1.54) is 11.3 Å². The van der Waals surface area contributed by atoms with Gasteiger partial charge in [0.05, 0.1) is 0 Å². The van der Waals surface area contributed by atoms with E-state index in [-0.39, 0.29) is 0 Å². The topological polar surface area (TPSA) is 37.8 Å². The molecule has 5 heteroatoms. The van der Waals surface area contributed by atoms with Crippen molar-refractivity contribution in [2.24, 2.45) is 5.41 Å². The molecule has 0 amide bonds. The molecule has 74 valence electrons. The first-order chi connectivity index (χ1) is 5.97. The molecule has 1 heterocycles. The van der Waals surface area contributed by atoms with E-state index in [1.54, 1.807) is 0 Å². The number of hydrogen-bond donors (Lipinski definition) is 1. The molecular formula is C8H14BrN3S. The lowest BCUT2D eigenvalue weighted by Gasteiger charge is -2.17. The molecule has 13 heavy (non-hydrogen) atoms. The standard InChI is InChI=1S/C8H14BrN3S/c1-8(2,3)4-5-10-7-12-11-6(9)13-7/h4-5H2,1-3H3,(H,10,12). The van der Waals surface area contributed by atoms with Gasteiger partial charge in [-0.2, -0.15) is 0 Å². The molecule has 0 spiro atoms. The van der Waals surface area contributed by atoms with Gasteiger partial charge in [-0.25, -0.2) is 0 Å². The molecular weight excluding hydrogens is 250 g/mol. The molecule has 1 aromatic rings. The summed E-state index contributed by atoms with van der Waals surface area (Å²) in [6.07, 6.45) is 1.13. The average Bonchev–Trinajstić information content (AvgIpc) is 2.33. The molecule has 1 N–H and O–H groups in total. The minimum absolute atomic E-state index is 0.370. The van der Waals surface area contributed by atoms with E-state index < -0.39 is 0 Å². The predicted octanol–water partition coefficient (Wildman–Crippen LogP) is 3.15. The highest BCUT2D eigenvalue weighted by atomic mass is 79.9. The molecule has 0 radical (unpaired) electrons. The third-order valence-corrected chi connectivity index (χ3v) is 2.87. The number of halogens is 1. The smallest absolute Gasteiger partial charge is 0.206 e. The van der Waals surface area contributed by atoms with Crippen LogP contribution in [0.4, 0.5) is 5.13 Å². The largest absolute Gasteiger partial charge is 0.360 e. The van der Waals surface area contributed by atoms with Crippen LogP contribution in [0, 0.1) is 5.41 Å². The predicted molar refractivity (Wildman–Crippen MR) is 60.2 cm³/mol. The van der Waals surface area contributed by atoms with Gasteiger partial charge in [-0.3, -0.25) is 0 Å². The van der Waals surface area contributed by atoms with Crippen LogP contribution in [0.25, 0.3) is 0 Å². The molecule has 0 atom stereocenters. The highest BCUT2D eigenvalue weighted by Crippen LogP contribution is 2.22. The highest BCUT2D eigenvalue weighted by Gasteiger charge is 2.09. The van der Waals surface area contributed by atoms with E-state index in [0.717, 1.165) is 22.0 Å². The molecule has 3 nitrogen and oxygen atoms in total. The van der Waals surface area contributed by atoms with E-state index in [9.17, 15) is 0 Å². The van der Waals surface area contributed by atoms with E-state index in [2.05, 4.69) is 52.2 Å². The van der Waals surface area contributed by atoms with Crippen molar-refractivity contribution in [2.75, 3.05) is 11.9 Å². The van der Waals surface area contributed by atoms with Crippen molar-refractivity contribution in [3.63, 3.8) is 0 Å². The summed E-state index contributed by atoms with van der Waals surface area (Å²) in [5, 5.41) is 11.9. The molecule has 0 saturated carbocycles. The zero-order chi connectivity index (χ0) is 9.90. The van der Waals surface area contributed by atoms with Gasteiger partial charge in [0.25, 0.3) is 0 Å². The van der Waals surface area contributed by atoms with Gasteiger partial charge in [0, 0.05) is 6.54 Å². The fraction of sp³-hybridized carbons (Fsp3) is 0.750. The van der Waals surface area contributed by atoms with Crippen molar-refractivity contribution < 1.29 is 0 Å². The Morgan fingerprint density at radius 3 is 2.54 bits per heavy atom. The number of nitrogens with one attached hydrogen (secondary N) is 1. The maximum absolute atomic E-state index is 3.95. The SMILES string of the molecule is CC(C)(C)CCNc1nnc(Br)s1. The summed E-state index contributed by atoms with van der Waals surface area (Å²) >= 11 is 4.79. The molecule has 0 unspecified atom stereocenters. The molecule has 1 aromatic heterocycles. The Bertz CT molecular complexity index is 267. The van der Waals surface area contributed by atoms with E-state index in [1.807, 2.05) is 0 Å². The molecule has 0 aliphatic rings. The molecule has 0 aromatic carbocycles. The van der Waals surface area contributed by atoms with Gasteiger partial charge in [0.1, 0.15) is 0 Å². The lowest BCUT2D eigenvalue weighted by molar-refractivity contribution is 0.389. The number of rotatable bonds is 3.